The number of carbonyl (C=O) groups is 1. The van der Waals surface area contributed by atoms with Gasteiger partial charge in [0, 0.05) is 12.1 Å². The lowest BCUT2D eigenvalue weighted by Crippen LogP contribution is -2.38. The zero-order chi connectivity index (χ0) is 24.3. The summed E-state index contributed by atoms with van der Waals surface area (Å²) in [5, 5.41) is 5.64. The molecule has 0 spiro atoms. The Morgan fingerprint density at radius 1 is 0.971 bits per heavy atom. The second kappa shape index (κ2) is 9.47. The lowest BCUT2D eigenvalue weighted by Gasteiger charge is -2.29. The van der Waals surface area contributed by atoms with Gasteiger partial charge in [0.05, 0.1) is 11.3 Å². The Bertz CT molecular complexity index is 1280. The van der Waals surface area contributed by atoms with Crippen LogP contribution in [-0.2, 0) is 22.6 Å². The van der Waals surface area contributed by atoms with E-state index in [9.17, 15) is 26.4 Å². The van der Waals surface area contributed by atoms with Crippen molar-refractivity contribution in [2.45, 2.75) is 30.1 Å². The summed E-state index contributed by atoms with van der Waals surface area (Å²) in [5.74, 6) is -0.267. The minimum atomic E-state index is -4.60. The molecule has 34 heavy (non-hydrogen) atoms. The number of aryl methyl sites for hydroxylation is 1. The van der Waals surface area contributed by atoms with Crippen molar-refractivity contribution in [2.75, 3.05) is 11.9 Å². The Kier molecular flexibility index (Phi) is 6.63. The van der Waals surface area contributed by atoms with Crippen molar-refractivity contribution in [1.29, 1.82) is 0 Å². The average molecular weight is 490 g/mol. The van der Waals surface area contributed by atoms with Crippen molar-refractivity contribution in [3.63, 3.8) is 0 Å². The van der Waals surface area contributed by atoms with Gasteiger partial charge >= 0.3 is 6.18 Å². The van der Waals surface area contributed by atoms with Crippen LogP contribution in [0.4, 0.5) is 18.9 Å². The monoisotopic (exact) mass is 489 g/mol. The molecular formula is C24H22F3N3O3S. The number of hydrogen-bond acceptors (Lipinski definition) is 4. The Morgan fingerprint density at radius 2 is 1.68 bits per heavy atom. The third-order valence-corrected chi connectivity index (χ3v) is 6.93. The standard InChI is InChI=1S/C24H22F3N3O3S/c25-24(26,27)19-12-13-21-20(15-19)29-22(30-34(21,32)33)17-8-10-18(11-9-17)23(31)28-14-4-7-16-5-2-1-3-6-16/h1-3,5-6,8-13,15,22,29-30H,4,7,14H2,(H,28,31)/t22-/m0/s1. The van der Waals surface area contributed by atoms with E-state index in [4.69, 9.17) is 0 Å². The maximum absolute atomic E-state index is 13.1. The van der Waals surface area contributed by atoms with E-state index in [2.05, 4.69) is 15.4 Å². The van der Waals surface area contributed by atoms with Crippen molar-refractivity contribution >= 4 is 21.6 Å². The summed E-state index contributed by atoms with van der Waals surface area (Å²) >= 11 is 0. The molecule has 1 atom stereocenters. The summed E-state index contributed by atoms with van der Waals surface area (Å²) in [6.45, 7) is 0.498. The summed E-state index contributed by atoms with van der Waals surface area (Å²) in [6.07, 6.45) is -3.97. The van der Waals surface area contributed by atoms with Crippen LogP contribution in [0.15, 0.2) is 77.7 Å². The molecule has 0 fully saturated rings. The van der Waals surface area contributed by atoms with Gasteiger partial charge in [0.1, 0.15) is 11.1 Å². The number of fused-ring (bicyclic) bond motifs is 1. The molecule has 0 saturated carbocycles. The molecular weight excluding hydrogens is 467 g/mol. The molecule has 1 amide bonds. The highest BCUT2D eigenvalue weighted by atomic mass is 32.2. The second-order valence-electron chi connectivity index (χ2n) is 7.87. The van der Waals surface area contributed by atoms with Crippen LogP contribution in [0.25, 0.3) is 0 Å². The molecule has 4 rings (SSSR count). The average Bonchev–Trinajstić information content (AvgIpc) is 2.81. The molecule has 0 bridgehead atoms. The predicted molar refractivity (Wildman–Crippen MR) is 122 cm³/mol. The maximum Gasteiger partial charge on any atom is 0.416 e. The van der Waals surface area contributed by atoms with Crippen LogP contribution in [0.5, 0.6) is 0 Å². The maximum atomic E-state index is 13.1. The Labute approximate surface area is 195 Å². The molecule has 0 aromatic heterocycles. The number of halogens is 3. The molecule has 178 valence electrons. The van der Waals surface area contributed by atoms with Crippen molar-refractivity contribution in [2.24, 2.45) is 0 Å². The molecule has 6 nitrogen and oxygen atoms in total. The molecule has 1 aliphatic rings. The van der Waals surface area contributed by atoms with Crippen LogP contribution >= 0.6 is 0 Å². The van der Waals surface area contributed by atoms with Crippen molar-refractivity contribution in [3.05, 3.63) is 95.1 Å². The largest absolute Gasteiger partial charge is 0.416 e. The first-order valence-corrected chi connectivity index (χ1v) is 12.0. The van der Waals surface area contributed by atoms with E-state index in [1.807, 2.05) is 30.3 Å². The van der Waals surface area contributed by atoms with Crippen LogP contribution in [-0.4, -0.2) is 20.9 Å². The first-order valence-electron chi connectivity index (χ1n) is 10.6. The first kappa shape index (κ1) is 23.8. The highest BCUT2D eigenvalue weighted by Crippen LogP contribution is 2.37. The van der Waals surface area contributed by atoms with Crippen LogP contribution < -0.4 is 15.4 Å². The van der Waals surface area contributed by atoms with E-state index in [1.165, 1.54) is 5.56 Å². The third-order valence-electron chi connectivity index (χ3n) is 5.45. The number of sulfonamides is 1. The smallest absolute Gasteiger partial charge is 0.364 e. The number of carbonyl (C=O) groups excluding carboxylic acids is 1. The Balaban J connectivity index is 1.41. The highest BCUT2D eigenvalue weighted by molar-refractivity contribution is 7.89. The van der Waals surface area contributed by atoms with Crippen LogP contribution in [0, 0.1) is 0 Å². The summed E-state index contributed by atoms with van der Waals surface area (Å²) < 4.78 is 66.7. The van der Waals surface area contributed by atoms with Gasteiger partial charge in [-0.15, -0.1) is 0 Å². The predicted octanol–water partition coefficient (Wildman–Crippen LogP) is 4.47. The van der Waals surface area contributed by atoms with E-state index >= 15 is 0 Å². The molecule has 0 aliphatic carbocycles. The van der Waals surface area contributed by atoms with E-state index < -0.39 is 27.9 Å². The van der Waals surface area contributed by atoms with Gasteiger partial charge in [0.2, 0.25) is 10.0 Å². The SMILES string of the molecule is O=C(NCCCc1ccccc1)c1ccc([C@H]2Nc3cc(C(F)(F)F)ccc3S(=O)(=O)N2)cc1. The minimum absolute atomic E-state index is 0.140. The zero-order valence-electron chi connectivity index (χ0n) is 17.9. The van der Waals surface area contributed by atoms with Gasteiger partial charge in [-0.25, -0.2) is 8.42 Å². The van der Waals surface area contributed by atoms with Gasteiger partial charge in [-0.2, -0.15) is 17.9 Å². The van der Waals surface area contributed by atoms with Crippen LogP contribution in [0.1, 0.15) is 39.6 Å². The number of amides is 1. The van der Waals surface area contributed by atoms with Crippen LogP contribution in [0.2, 0.25) is 0 Å². The van der Waals surface area contributed by atoms with Crippen molar-refractivity contribution in [1.82, 2.24) is 10.0 Å². The third kappa shape index (κ3) is 5.40. The van der Waals surface area contributed by atoms with Gasteiger partial charge in [0.25, 0.3) is 5.91 Å². The van der Waals surface area contributed by atoms with E-state index in [1.54, 1.807) is 24.3 Å². The fourth-order valence-corrected chi connectivity index (χ4v) is 4.96. The number of hydrogen-bond donors (Lipinski definition) is 3. The quantitative estimate of drug-likeness (QED) is 0.446. The summed E-state index contributed by atoms with van der Waals surface area (Å²) in [6, 6.07) is 18.5. The van der Waals surface area contributed by atoms with Crippen molar-refractivity contribution in [3.8, 4) is 0 Å². The van der Waals surface area contributed by atoms with Gasteiger partial charge in [-0.3, -0.25) is 4.79 Å². The van der Waals surface area contributed by atoms with Crippen molar-refractivity contribution < 1.29 is 26.4 Å². The molecule has 1 aliphatic heterocycles. The fraction of sp³-hybridized carbons (Fsp3) is 0.208. The molecule has 0 radical (unpaired) electrons. The van der Waals surface area contributed by atoms with E-state index in [-0.39, 0.29) is 16.5 Å². The molecule has 3 aromatic carbocycles. The number of benzene rings is 3. The molecule has 1 heterocycles. The zero-order valence-corrected chi connectivity index (χ0v) is 18.7. The minimum Gasteiger partial charge on any atom is -0.364 e. The number of rotatable bonds is 6. The number of alkyl halides is 3. The van der Waals surface area contributed by atoms with Gasteiger partial charge in [-0.1, -0.05) is 42.5 Å². The molecule has 0 saturated heterocycles. The first-order chi connectivity index (χ1) is 16.1. The molecule has 3 aromatic rings. The van der Waals surface area contributed by atoms with Gasteiger partial charge < -0.3 is 10.6 Å². The second-order valence-corrected chi connectivity index (χ2v) is 9.56. The number of nitrogens with one attached hydrogen (secondary N) is 3. The van der Waals surface area contributed by atoms with Gasteiger partial charge in [0.15, 0.2) is 0 Å². The topological polar surface area (TPSA) is 87.3 Å². The van der Waals surface area contributed by atoms with E-state index in [0.717, 1.165) is 31.0 Å². The highest BCUT2D eigenvalue weighted by Gasteiger charge is 2.35. The summed E-state index contributed by atoms with van der Waals surface area (Å²) in [4.78, 5) is 12.1. The molecule has 10 heteroatoms. The number of anilines is 1. The lowest BCUT2D eigenvalue weighted by atomic mass is 10.1. The normalized spacial score (nSPS) is 16.9. The lowest BCUT2D eigenvalue weighted by molar-refractivity contribution is -0.137. The Morgan fingerprint density at radius 3 is 2.35 bits per heavy atom. The fourth-order valence-electron chi connectivity index (χ4n) is 3.68. The molecule has 3 N–H and O–H groups in total. The molecule has 0 unspecified atom stereocenters. The summed E-state index contributed by atoms with van der Waals surface area (Å²) in [5.41, 5.74) is 0.939. The van der Waals surface area contributed by atoms with E-state index in [0.29, 0.717) is 17.7 Å². The van der Waals surface area contributed by atoms with Gasteiger partial charge in [-0.05, 0) is 54.3 Å². The van der Waals surface area contributed by atoms with Crippen LogP contribution in [0.3, 0.4) is 0 Å². The summed E-state index contributed by atoms with van der Waals surface area (Å²) in [7, 11) is -4.03. The Hall–Kier alpha value is -3.37.